The van der Waals surface area contributed by atoms with E-state index < -0.39 is 17.5 Å². The van der Waals surface area contributed by atoms with Crippen LogP contribution in [0.1, 0.15) is 26.2 Å². The van der Waals surface area contributed by atoms with Gasteiger partial charge in [-0.2, -0.15) is 0 Å². The fourth-order valence-corrected chi connectivity index (χ4v) is 1.98. The minimum atomic E-state index is -0.936. The summed E-state index contributed by atoms with van der Waals surface area (Å²) in [7, 11) is 0. The maximum absolute atomic E-state index is 11.3. The van der Waals surface area contributed by atoms with Gasteiger partial charge < -0.3 is 9.47 Å². The molecule has 2 atom stereocenters. The van der Waals surface area contributed by atoms with Gasteiger partial charge in [-0.15, -0.1) is 0 Å². The zero-order chi connectivity index (χ0) is 9.47. The van der Waals surface area contributed by atoms with Gasteiger partial charge in [-0.25, -0.2) is 4.79 Å². The number of hydrogen-bond acceptors (Lipinski definition) is 4. The van der Waals surface area contributed by atoms with Crippen molar-refractivity contribution in [1.29, 1.82) is 0 Å². The summed E-state index contributed by atoms with van der Waals surface area (Å²) in [6.07, 6.45) is 1.65. The molecule has 0 bridgehead atoms. The first-order valence-electron chi connectivity index (χ1n) is 4.51. The average molecular weight is 184 g/mol. The van der Waals surface area contributed by atoms with Crippen molar-refractivity contribution in [3.05, 3.63) is 0 Å². The second-order valence-corrected chi connectivity index (χ2v) is 3.88. The van der Waals surface area contributed by atoms with Crippen LogP contribution in [0.15, 0.2) is 0 Å². The van der Waals surface area contributed by atoms with Crippen molar-refractivity contribution in [3.63, 3.8) is 0 Å². The van der Waals surface area contributed by atoms with Gasteiger partial charge in [-0.05, 0) is 18.8 Å². The van der Waals surface area contributed by atoms with Gasteiger partial charge in [0.2, 0.25) is 0 Å². The maximum Gasteiger partial charge on any atom is 0.346 e. The van der Waals surface area contributed by atoms with Gasteiger partial charge in [0.05, 0.1) is 6.42 Å². The zero-order valence-corrected chi connectivity index (χ0v) is 7.54. The van der Waals surface area contributed by atoms with Crippen molar-refractivity contribution in [2.75, 3.05) is 6.61 Å². The van der Waals surface area contributed by atoms with Crippen LogP contribution in [-0.2, 0) is 19.1 Å². The molecule has 2 heterocycles. The van der Waals surface area contributed by atoms with E-state index in [1.54, 1.807) is 0 Å². The summed E-state index contributed by atoms with van der Waals surface area (Å²) in [5.41, 5.74) is -0.936. The molecule has 0 radical (unpaired) electrons. The highest BCUT2D eigenvalue weighted by Gasteiger charge is 2.52. The number of rotatable bonds is 0. The number of cyclic esters (lactones) is 2. The van der Waals surface area contributed by atoms with Crippen LogP contribution in [0.4, 0.5) is 0 Å². The van der Waals surface area contributed by atoms with Gasteiger partial charge in [0.15, 0.2) is 5.60 Å². The van der Waals surface area contributed by atoms with E-state index in [1.807, 2.05) is 0 Å². The largest absolute Gasteiger partial charge is 0.391 e. The van der Waals surface area contributed by atoms with Crippen molar-refractivity contribution in [1.82, 2.24) is 0 Å². The molecular weight excluding hydrogens is 172 g/mol. The second kappa shape index (κ2) is 2.80. The number of hydrogen-bond donors (Lipinski definition) is 0. The molecule has 2 aliphatic rings. The third kappa shape index (κ3) is 1.35. The quantitative estimate of drug-likeness (QED) is 0.409. The summed E-state index contributed by atoms with van der Waals surface area (Å²) in [5, 5.41) is 0. The molecule has 2 aliphatic heterocycles. The Morgan fingerprint density at radius 2 is 2.23 bits per heavy atom. The van der Waals surface area contributed by atoms with Crippen LogP contribution in [0.3, 0.4) is 0 Å². The highest BCUT2D eigenvalue weighted by Crippen LogP contribution is 2.36. The molecule has 0 aliphatic carbocycles. The molecule has 72 valence electrons. The van der Waals surface area contributed by atoms with E-state index >= 15 is 0 Å². The van der Waals surface area contributed by atoms with Crippen molar-refractivity contribution in [2.45, 2.75) is 31.8 Å². The molecule has 0 saturated carbocycles. The van der Waals surface area contributed by atoms with Gasteiger partial charge in [0.1, 0.15) is 0 Å². The van der Waals surface area contributed by atoms with Crippen LogP contribution in [0, 0.1) is 5.92 Å². The number of ether oxygens (including phenoxy) is 2. The van der Waals surface area contributed by atoms with Crippen LogP contribution in [0.5, 0.6) is 0 Å². The summed E-state index contributed by atoms with van der Waals surface area (Å²) in [4.78, 5) is 22.2. The van der Waals surface area contributed by atoms with Crippen molar-refractivity contribution in [2.24, 2.45) is 5.92 Å². The summed E-state index contributed by atoms with van der Waals surface area (Å²) < 4.78 is 9.88. The van der Waals surface area contributed by atoms with Crippen molar-refractivity contribution in [3.8, 4) is 0 Å². The van der Waals surface area contributed by atoms with Crippen LogP contribution in [0.2, 0.25) is 0 Å². The third-order valence-corrected chi connectivity index (χ3v) is 2.68. The molecular formula is C9H12O4. The van der Waals surface area contributed by atoms with E-state index in [4.69, 9.17) is 4.74 Å². The van der Waals surface area contributed by atoms with E-state index in [0.717, 1.165) is 6.42 Å². The Balaban J connectivity index is 2.19. The lowest BCUT2D eigenvalue weighted by molar-refractivity contribution is -0.168. The van der Waals surface area contributed by atoms with E-state index in [9.17, 15) is 9.59 Å². The van der Waals surface area contributed by atoms with E-state index in [1.165, 1.54) is 0 Å². The fourth-order valence-electron chi connectivity index (χ4n) is 1.98. The Labute approximate surface area is 76.2 Å². The Kier molecular flexibility index (Phi) is 1.87. The molecule has 4 nitrogen and oxygen atoms in total. The molecule has 0 aromatic carbocycles. The number of esters is 2. The van der Waals surface area contributed by atoms with Crippen LogP contribution >= 0.6 is 0 Å². The van der Waals surface area contributed by atoms with Gasteiger partial charge in [0, 0.05) is 6.61 Å². The Hall–Kier alpha value is -0.900. The Bertz CT molecular complexity index is 260. The van der Waals surface area contributed by atoms with E-state index in [2.05, 4.69) is 11.7 Å². The normalized spacial score (nSPS) is 39.6. The predicted molar refractivity (Wildman–Crippen MR) is 42.8 cm³/mol. The second-order valence-electron chi connectivity index (χ2n) is 3.88. The van der Waals surface area contributed by atoms with Gasteiger partial charge in [-0.1, -0.05) is 6.92 Å². The zero-order valence-electron chi connectivity index (χ0n) is 7.54. The lowest BCUT2D eigenvalue weighted by atomic mass is 9.86. The smallest absolute Gasteiger partial charge is 0.346 e. The van der Waals surface area contributed by atoms with Crippen LogP contribution in [-0.4, -0.2) is 24.1 Å². The van der Waals surface area contributed by atoms with E-state index in [0.29, 0.717) is 18.9 Å². The first kappa shape index (κ1) is 8.69. The highest BCUT2D eigenvalue weighted by molar-refractivity contribution is 5.99. The minimum absolute atomic E-state index is 0.0934. The number of carbonyl (C=O) groups excluding carboxylic acids is 2. The molecule has 2 fully saturated rings. The van der Waals surface area contributed by atoms with Crippen LogP contribution < -0.4 is 0 Å². The first-order valence-corrected chi connectivity index (χ1v) is 4.51. The summed E-state index contributed by atoms with van der Waals surface area (Å²) in [6, 6.07) is 0. The summed E-state index contributed by atoms with van der Waals surface area (Å²) in [6.45, 7) is 2.60. The minimum Gasteiger partial charge on any atom is -0.391 e. The molecule has 13 heavy (non-hydrogen) atoms. The fraction of sp³-hybridized carbons (Fsp3) is 0.778. The number of carbonyl (C=O) groups is 2. The standard InChI is InChI=1S/C9H12O4/c1-6-2-3-12-9(4-6)5-7(10)13-8(9)11/h6H,2-5H2,1H3. The third-order valence-electron chi connectivity index (χ3n) is 2.68. The molecule has 0 aromatic heterocycles. The molecule has 4 heteroatoms. The highest BCUT2D eigenvalue weighted by atomic mass is 16.6. The SMILES string of the molecule is CC1CCOC2(CC(=O)OC2=O)C1. The lowest BCUT2D eigenvalue weighted by Crippen LogP contribution is -2.43. The molecule has 1 spiro atoms. The molecule has 2 rings (SSSR count). The Morgan fingerprint density at radius 3 is 2.77 bits per heavy atom. The Morgan fingerprint density at radius 1 is 1.46 bits per heavy atom. The molecule has 0 amide bonds. The van der Waals surface area contributed by atoms with Crippen molar-refractivity contribution < 1.29 is 19.1 Å². The summed E-state index contributed by atoms with van der Waals surface area (Å²) in [5.74, 6) is -0.532. The van der Waals surface area contributed by atoms with Gasteiger partial charge >= 0.3 is 11.9 Å². The van der Waals surface area contributed by atoms with Gasteiger partial charge in [-0.3, -0.25) is 4.79 Å². The molecule has 0 N–H and O–H groups in total. The van der Waals surface area contributed by atoms with E-state index in [-0.39, 0.29) is 6.42 Å². The molecule has 0 aromatic rings. The predicted octanol–water partition coefficient (Wildman–Crippen LogP) is 0.645. The molecule has 2 saturated heterocycles. The van der Waals surface area contributed by atoms with Gasteiger partial charge in [0.25, 0.3) is 0 Å². The van der Waals surface area contributed by atoms with Crippen LogP contribution in [0.25, 0.3) is 0 Å². The molecule has 2 unspecified atom stereocenters. The first-order chi connectivity index (χ1) is 6.12. The summed E-state index contributed by atoms with van der Waals surface area (Å²) >= 11 is 0. The monoisotopic (exact) mass is 184 g/mol. The maximum atomic E-state index is 11.3. The lowest BCUT2D eigenvalue weighted by Gasteiger charge is -2.32. The average Bonchev–Trinajstić information content (AvgIpc) is 2.26. The van der Waals surface area contributed by atoms with Crippen molar-refractivity contribution >= 4 is 11.9 Å². The topological polar surface area (TPSA) is 52.6 Å².